The number of benzene rings is 1. The molecule has 2 rings (SSSR count). The first-order chi connectivity index (χ1) is 9.10. The zero-order valence-electron chi connectivity index (χ0n) is 11.4. The van der Waals surface area contributed by atoms with E-state index in [2.05, 4.69) is 37.4 Å². The Kier molecular flexibility index (Phi) is 4.86. The topological polar surface area (TPSA) is 21.3 Å². The second-order valence-corrected chi connectivity index (χ2v) is 6.38. The lowest BCUT2D eigenvalue weighted by Crippen LogP contribution is -2.22. The highest BCUT2D eigenvalue weighted by atomic mass is 35.5. The van der Waals surface area contributed by atoms with Crippen LogP contribution in [0.25, 0.3) is 10.4 Å². The van der Waals surface area contributed by atoms with Crippen molar-refractivity contribution in [3.63, 3.8) is 0 Å². The minimum absolute atomic E-state index is 0.450. The summed E-state index contributed by atoms with van der Waals surface area (Å²) in [6.45, 7) is 5.10. The number of ether oxygens (including phenoxy) is 1. The molecule has 4 heteroatoms. The predicted octanol–water partition coefficient (Wildman–Crippen LogP) is 4.58. The van der Waals surface area contributed by atoms with Gasteiger partial charge in [-0.2, -0.15) is 0 Å². The molecule has 1 N–H and O–H groups in total. The second kappa shape index (κ2) is 6.42. The second-order valence-electron chi connectivity index (χ2n) is 4.66. The number of halogens is 1. The molecule has 0 spiro atoms. The fourth-order valence-corrected chi connectivity index (χ4v) is 2.96. The van der Waals surface area contributed by atoms with Gasteiger partial charge in [-0.1, -0.05) is 25.4 Å². The summed E-state index contributed by atoms with van der Waals surface area (Å²) in [6.07, 6.45) is 0. The molecule has 2 nitrogen and oxygen atoms in total. The Bertz CT molecular complexity index is 551. The van der Waals surface area contributed by atoms with E-state index in [-0.39, 0.29) is 0 Å². The Morgan fingerprint density at radius 1 is 1.26 bits per heavy atom. The van der Waals surface area contributed by atoms with Gasteiger partial charge >= 0.3 is 0 Å². The Hall–Kier alpha value is -1.03. The Balaban J connectivity index is 2.35. The van der Waals surface area contributed by atoms with E-state index in [1.807, 2.05) is 12.1 Å². The van der Waals surface area contributed by atoms with E-state index in [0.29, 0.717) is 6.04 Å². The van der Waals surface area contributed by atoms with E-state index in [1.165, 1.54) is 16.0 Å². The minimum atomic E-state index is 0.450. The smallest absolute Gasteiger partial charge is 0.119 e. The number of rotatable bonds is 5. The number of hydrogen-bond acceptors (Lipinski definition) is 3. The fraction of sp³-hybridized carbons (Fsp3) is 0.333. The summed E-state index contributed by atoms with van der Waals surface area (Å²) in [4.78, 5) is 1.19. The van der Waals surface area contributed by atoms with Crippen LogP contribution in [-0.4, -0.2) is 13.2 Å². The van der Waals surface area contributed by atoms with Crippen molar-refractivity contribution in [3.05, 3.63) is 40.2 Å². The van der Waals surface area contributed by atoms with E-state index in [9.17, 15) is 0 Å². The summed E-state index contributed by atoms with van der Waals surface area (Å²) >= 11 is 7.63. The molecule has 0 saturated heterocycles. The van der Waals surface area contributed by atoms with Crippen LogP contribution in [0.3, 0.4) is 0 Å². The van der Waals surface area contributed by atoms with Crippen LogP contribution in [0.15, 0.2) is 30.3 Å². The molecular formula is C15H18ClNOS. The molecule has 1 aromatic heterocycles. The van der Waals surface area contributed by atoms with Gasteiger partial charge in [-0.3, -0.25) is 0 Å². The summed E-state index contributed by atoms with van der Waals surface area (Å²) in [7, 11) is 1.69. The van der Waals surface area contributed by atoms with E-state index < -0.39 is 0 Å². The first-order valence-electron chi connectivity index (χ1n) is 6.26. The van der Waals surface area contributed by atoms with Crippen LogP contribution >= 0.6 is 22.9 Å². The normalized spacial score (nSPS) is 11.0. The number of methoxy groups -OCH3 is 1. The van der Waals surface area contributed by atoms with Crippen molar-refractivity contribution in [3.8, 4) is 16.2 Å². The van der Waals surface area contributed by atoms with Crippen molar-refractivity contribution in [1.29, 1.82) is 0 Å². The van der Waals surface area contributed by atoms with Crippen LogP contribution < -0.4 is 10.1 Å². The fourth-order valence-electron chi connectivity index (χ4n) is 1.86. The van der Waals surface area contributed by atoms with Gasteiger partial charge in [-0.25, -0.2) is 0 Å². The van der Waals surface area contributed by atoms with Gasteiger partial charge in [0.2, 0.25) is 0 Å². The van der Waals surface area contributed by atoms with Gasteiger partial charge in [0.1, 0.15) is 5.75 Å². The molecule has 0 radical (unpaired) electrons. The first kappa shape index (κ1) is 14.4. The molecule has 0 aliphatic rings. The molecule has 0 bridgehead atoms. The van der Waals surface area contributed by atoms with Crippen LogP contribution in [-0.2, 0) is 6.54 Å². The van der Waals surface area contributed by atoms with Gasteiger partial charge in [0, 0.05) is 17.5 Å². The van der Waals surface area contributed by atoms with Crippen LogP contribution in [0.4, 0.5) is 0 Å². The van der Waals surface area contributed by atoms with E-state index in [4.69, 9.17) is 16.3 Å². The van der Waals surface area contributed by atoms with Gasteiger partial charge in [-0.05, 0) is 41.5 Å². The monoisotopic (exact) mass is 295 g/mol. The molecule has 19 heavy (non-hydrogen) atoms. The third kappa shape index (κ3) is 3.72. The quantitative estimate of drug-likeness (QED) is 0.872. The average molecular weight is 296 g/mol. The molecule has 0 aliphatic carbocycles. The maximum atomic E-state index is 6.03. The molecule has 1 heterocycles. The highest BCUT2D eigenvalue weighted by Gasteiger charge is 2.09. The standard InChI is InChI=1S/C15H18ClNOS/c1-10(2)17-9-11-8-12(18-3)4-5-13(11)14-6-7-15(16)19-14/h4-8,10,17H,9H2,1-3H3. The van der Waals surface area contributed by atoms with Crippen molar-refractivity contribution in [2.45, 2.75) is 26.4 Å². The van der Waals surface area contributed by atoms with Crippen molar-refractivity contribution in [2.75, 3.05) is 7.11 Å². The molecule has 0 saturated carbocycles. The summed E-state index contributed by atoms with van der Waals surface area (Å²) in [5.74, 6) is 0.881. The molecule has 0 atom stereocenters. The van der Waals surface area contributed by atoms with Gasteiger partial charge in [-0.15, -0.1) is 11.3 Å². The number of thiophene rings is 1. The molecule has 0 aliphatic heterocycles. The van der Waals surface area contributed by atoms with Crippen LogP contribution in [0.2, 0.25) is 4.34 Å². The third-order valence-electron chi connectivity index (χ3n) is 2.85. The Morgan fingerprint density at radius 2 is 2.05 bits per heavy atom. The van der Waals surface area contributed by atoms with Crippen molar-refractivity contribution in [2.24, 2.45) is 0 Å². The molecule has 0 fully saturated rings. The number of nitrogens with one attached hydrogen (secondary N) is 1. The summed E-state index contributed by atoms with van der Waals surface area (Å²) in [5.41, 5.74) is 2.44. The largest absolute Gasteiger partial charge is 0.497 e. The summed E-state index contributed by atoms with van der Waals surface area (Å²) in [5, 5.41) is 3.45. The van der Waals surface area contributed by atoms with Crippen molar-refractivity contribution in [1.82, 2.24) is 5.32 Å². The van der Waals surface area contributed by atoms with E-state index in [0.717, 1.165) is 16.6 Å². The van der Waals surface area contributed by atoms with E-state index in [1.54, 1.807) is 18.4 Å². The highest BCUT2D eigenvalue weighted by Crippen LogP contribution is 2.34. The van der Waals surface area contributed by atoms with Gasteiger partial charge < -0.3 is 10.1 Å². The highest BCUT2D eigenvalue weighted by molar-refractivity contribution is 7.19. The lowest BCUT2D eigenvalue weighted by atomic mass is 10.1. The van der Waals surface area contributed by atoms with Crippen molar-refractivity contribution < 1.29 is 4.74 Å². The SMILES string of the molecule is COc1ccc(-c2ccc(Cl)s2)c(CNC(C)C)c1. The lowest BCUT2D eigenvalue weighted by Gasteiger charge is -2.13. The Labute approximate surface area is 123 Å². The van der Waals surface area contributed by atoms with Crippen molar-refractivity contribution >= 4 is 22.9 Å². The zero-order valence-corrected chi connectivity index (χ0v) is 12.9. The molecule has 2 aromatic rings. The molecule has 102 valence electrons. The van der Waals surface area contributed by atoms with Gasteiger partial charge in [0.25, 0.3) is 0 Å². The van der Waals surface area contributed by atoms with Crippen LogP contribution in [0, 0.1) is 0 Å². The molecule has 1 aromatic carbocycles. The zero-order chi connectivity index (χ0) is 13.8. The lowest BCUT2D eigenvalue weighted by molar-refractivity contribution is 0.414. The van der Waals surface area contributed by atoms with Gasteiger partial charge in [0.05, 0.1) is 11.4 Å². The molecule has 0 amide bonds. The summed E-state index contributed by atoms with van der Waals surface area (Å²) in [6, 6.07) is 10.6. The maximum Gasteiger partial charge on any atom is 0.119 e. The minimum Gasteiger partial charge on any atom is -0.497 e. The number of hydrogen-bond donors (Lipinski definition) is 1. The third-order valence-corrected chi connectivity index (χ3v) is 4.12. The van der Waals surface area contributed by atoms with Gasteiger partial charge in [0.15, 0.2) is 0 Å². The van der Waals surface area contributed by atoms with Crippen LogP contribution in [0.1, 0.15) is 19.4 Å². The molecular weight excluding hydrogens is 278 g/mol. The summed E-state index contributed by atoms with van der Waals surface area (Å²) < 4.78 is 6.12. The first-order valence-corrected chi connectivity index (χ1v) is 7.45. The Morgan fingerprint density at radius 3 is 2.63 bits per heavy atom. The van der Waals surface area contributed by atoms with Crippen LogP contribution in [0.5, 0.6) is 5.75 Å². The average Bonchev–Trinajstić information content (AvgIpc) is 2.82. The maximum absolute atomic E-state index is 6.03. The molecule has 0 unspecified atom stereocenters. The van der Waals surface area contributed by atoms with E-state index >= 15 is 0 Å². The predicted molar refractivity (Wildman–Crippen MR) is 83.3 cm³/mol.